The molecule has 3 aromatic rings. The first-order valence-electron chi connectivity index (χ1n) is 7.08. The minimum absolute atomic E-state index is 0.0807. The van der Waals surface area contributed by atoms with Crippen LogP contribution in [0.25, 0.3) is 10.8 Å². The van der Waals surface area contributed by atoms with Crippen molar-refractivity contribution in [2.24, 2.45) is 0 Å². The van der Waals surface area contributed by atoms with E-state index in [0.29, 0.717) is 10.4 Å². The summed E-state index contributed by atoms with van der Waals surface area (Å²) in [4.78, 5) is 23.5. The van der Waals surface area contributed by atoms with Crippen molar-refractivity contribution in [1.82, 2.24) is 10.9 Å². The maximum Gasteiger partial charge on any atom is 0.305 e. The van der Waals surface area contributed by atoms with Crippen LogP contribution in [0.2, 0.25) is 0 Å². The van der Waals surface area contributed by atoms with E-state index in [1.165, 1.54) is 6.07 Å². The van der Waals surface area contributed by atoms with Gasteiger partial charge < -0.3 is 9.15 Å². The van der Waals surface area contributed by atoms with Gasteiger partial charge in [0.25, 0.3) is 5.91 Å². The largest absolute Gasteiger partial charge is 0.483 e. The monoisotopic (exact) mass is 388 g/mol. The van der Waals surface area contributed by atoms with Crippen LogP contribution >= 0.6 is 15.9 Å². The zero-order chi connectivity index (χ0) is 16.9. The molecule has 0 aliphatic heterocycles. The number of rotatable bonds is 4. The minimum atomic E-state index is -0.556. The number of halogens is 1. The van der Waals surface area contributed by atoms with E-state index >= 15 is 0 Å². The van der Waals surface area contributed by atoms with Gasteiger partial charge in [0.1, 0.15) is 5.75 Å². The molecule has 0 unspecified atom stereocenters. The van der Waals surface area contributed by atoms with Crippen molar-refractivity contribution < 1.29 is 18.7 Å². The van der Waals surface area contributed by atoms with Gasteiger partial charge in [0.15, 0.2) is 17.0 Å². The summed E-state index contributed by atoms with van der Waals surface area (Å²) in [7, 11) is 0. The van der Waals surface area contributed by atoms with Gasteiger partial charge in [-0.05, 0) is 39.5 Å². The smallest absolute Gasteiger partial charge is 0.305 e. The van der Waals surface area contributed by atoms with E-state index in [1.807, 2.05) is 36.4 Å². The quantitative estimate of drug-likeness (QED) is 0.673. The van der Waals surface area contributed by atoms with Crippen molar-refractivity contribution >= 4 is 38.5 Å². The van der Waals surface area contributed by atoms with Gasteiger partial charge in [-0.15, -0.1) is 0 Å². The first-order valence-corrected chi connectivity index (χ1v) is 7.88. The Balaban J connectivity index is 1.54. The number of carbonyl (C=O) groups excluding carboxylic acids is 2. The van der Waals surface area contributed by atoms with E-state index in [9.17, 15) is 9.59 Å². The Morgan fingerprint density at radius 3 is 2.58 bits per heavy atom. The highest BCUT2D eigenvalue weighted by Crippen LogP contribution is 2.24. The van der Waals surface area contributed by atoms with Crippen molar-refractivity contribution in [3.8, 4) is 5.75 Å². The van der Waals surface area contributed by atoms with Crippen molar-refractivity contribution in [2.75, 3.05) is 6.61 Å². The minimum Gasteiger partial charge on any atom is -0.483 e. The standard InChI is InChI=1S/C17H13BrN2O4/c18-15-9-8-14(24-15)17(22)20-19-16(21)10-23-13-7-3-5-11-4-1-2-6-12(11)13/h1-9H,10H2,(H,19,21)(H,20,22). The first-order chi connectivity index (χ1) is 11.6. The summed E-state index contributed by atoms with van der Waals surface area (Å²) in [5.74, 6) is -0.359. The molecule has 0 bridgehead atoms. The molecule has 2 amide bonds. The summed E-state index contributed by atoms with van der Waals surface area (Å²) in [5, 5.41) is 1.93. The second-order valence-electron chi connectivity index (χ2n) is 4.87. The third kappa shape index (κ3) is 3.75. The summed E-state index contributed by atoms with van der Waals surface area (Å²) < 4.78 is 11.0. The second kappa shape index (κ2) is 7.18. The lowest BCUT2D eigenvalue weighted by Gasteiger charge is -2.10. The predicted octanol–water partition coefficient (Wildman–Crippen LogP) is 3.04. The van der Waals surface area contributed by atoms with E-state index in [4.69, 9.17) is 9.15 Å². The Bertz CT molecular complexity index is 886. The van der Waals surface area contributed by atoms with E-state index in [0.717, 1.165) is 10.8 Å². The SMILES string of the molecule is O=C(COc1cccc2ccccc12)NNC(=O)c1ccc(Br)o1. The fourth-order valence-electron chi connectivity index (χ4n) is 2.13. The van der Waals surface area contributed by atoms with E-state index in [1.54, 1.807) is 12.1 Å². The van der Waals surface area contributed by atoms with Crippen LogP contribution in [0.1, 0.15) is 10.6 Å². The number of carbonyl (C=O) groups is 2. The number of hydrogen-bond acceptors (Lipinski definition) is 4. The molecule has 3 rings (SSSR count). The number of fused-ring (bicyclic) bond motifs is 1. The molecule has 0 saturated carbocycles. The van der Waals surface area contributed by atoms with Crippen LogP contribution in [-0.4, -0.2) is 18.4 Å². The molecule has 2 N–H and O–H groups in total. The molecule has 7 heteroatoms. The fraction of sp³-hybridized carbons (Fsp3) is 0.0588. The Labute approximate surface area is 145 Å². The molecule has 122 valence electrons. The van der Waals surface area contributed by atoms with Crippen LogP contribution in [-0.2, 0) is 4.79 Å². The number of hydrogen-bond donors (Lipinski definition) is 2. The Morgan fingerprint density at radius 1 is 1.00 bits per heavy atom. The van der Waals surface area contributed by atoms with Crippen LogP contribution in [0.4, 0.5) is 0 Å². The highest BCUT2D eigenvalue weighted by molar-refractivity contribution is 9.10. The van der Waals surface area contributed by atoms with Gasteiger partial charge in [0.05, 0.1) is 0 Å². The molecule has 0 fully saturated rings. The highest BCUT2D eigenvalue weighted by Gasteiger charge is 2.12. The maximum absolute atomic E-state index is 11.8. The normalized spacial score (nSPS) is 10.4. The number of ether oxygens (including phenoxy) is 1. The lowest BCUT2D eigenvalue weighted by molar-refractivity contribution is -0.123. The van der Waals surface area contributed by atoms with Crippen LogP contribution in [0.3, 0.4) is 0 Å². The molecule has 1 aromatic heterocycles. The van der Waals surface area contributed by atoms with Crippen LogP contribution in [0.15, 0.2) is 63.7 Å². The average molecular weight is 389 g/mol. The number of amides is 2. The highest BCUT2D eigenvalue weighted by atomic mass is 79.9. The van der Waals surface area contributed by atoms with Gasteiger partial charge in [-0.3, -0.25) is 20.4 Å². The Hall–Kier alpha value is -2.80. The molecule has 0 saturated heterocycles. The molecule has 0 atom stereocenters. The van der Waals surface area contributed by atoms with Gasteiger partial charge in [0, 0.05) is 5.39 Å². The van der Waals surface area contributed by atoms with Gasteiger partial charge in [-0.1, -0.05) is 36.4 Å². The summed E-state index contributed by atoms with van der Waals surface area (Å²) in [6, 6.07) is 16.4. The number of nitrogens with one attached hydrogen (secondary N) is 2. The topological polar surface area (TPSA) is 80.6 Å². The van der Waals surface area contributed by atoms with Crippen molar-refractivity contribution in [1.29, 1.82) is 0 Å². The second-order valence-corrected chi connectivity index (χ2v) is 5.65. The molecule has 24 heavy (non-hydrogen) atoms. The van der Waals surface area contributed by atoms with E-state index in [-0.39, 0.29) is 12.4 Å². The zero-order valence-electron chi connectivity index (χ0n) is 12.4. The van der Waals surface area contributed by atoms with E-state index in [2.05, 4.69) is 26.8 Å². The van der Waals surface area contributed by atoms with E-state index < -0.39 is 11.8 Å². The Kier molecular flexibility index (Phi) is 4.81. The zero-order valence-corrected chi connectivity index (χ0v) is 14.0. The van der Waals surface area contributed by atoms with Gasteiger partial charge >= 0.3 is 5.91 Å². The number of hydrazine groups is 1. The summed E-state index contributed by atoms with van der Waals surface area (Å²) in [6.45, 7) is -0.226. The molecular formula is C17H13BrN2O4. The first kappa shape index (κ1) is 16.1. The number of benzene rings is 2. The average Bonchev–Trinajstić information content (AvgIpc) is 3.04. The van der Waals surface area contributed by atoms with Crippen molar-refractivity contribution in [3.63, 3.8) is 0 Å². The third-order valence-corrected chi connectivity index (χ3v) is 3.65. The number of furan rings is 1. The molecule has 6 nitrogen and oxygen atoms in total. The molecular weight excluding hydrogens is 376 g/mol. The molecule has 0 aliphatic carbocycles. The fourth-order valence-corrected chi connectivity index (χ4v) is 2.43. The molecule has 0 radical (unpaired) electrons. The lowest BCUT2D eigenvalue weighted by Crippen LogP contribution is -2.43. The summed E-state index contributed by atoms with van der Waals surface area (Å²) in [6.07, 6.45) is 0. The van der Waals surface area contributed by atoms with Crippen molar-refractivity contribution in [2.45, 2.75) is 0 Å². The Morgan fingerprint density at radius 2 is 1.79 bits per heavy atom. The van der Waals surface area contributed by atoms with Gasteiger partial charge in [-0.25, -0.2) is 0 Å². The molecule has 0 aliphatic rings. The molecule has 1 heterocycles. The van der Waals surface area contributed by atoms with Crippen LogP contribution in [0, 0.1) is 0 Å². The molecule has 0 spiro atoms. The van der Waals surface area contributed by atoms with Gasteiger partial charge in [0.2, 0.25) is 0 Å². The third-order valence-electron chi connectivity index (χ3n) is 3.22. The summed E-state index contributed by atoms with van der Waals surface area (Å²) in [5.41, 5.74) is 4.52. The van der Waals surface area contributed by atoms with Gasteiger partial charge in [-0.2, -0.15) is 0 Å². The maximum atomic E-state index is 11.8. The molecule has 2 aromatic carbocycles. The van der Waals surface area contributed by atoms with Crippen LogP contribution in [0.5, 0.6) is 5.75 Å². The van der Waals surface area contributed by atoms with Crippen LogP contribution < -0.4 is 15.6 Å². The lowest BCUT2D eigenvalue weighted by atomic mass is 10.1. The summed E-state index contributed by atoms with van der Waals surface area (Å²) >= 11 is 3.10. The van der Waals surface area contributed by atoms with Crippen molar-refractivity contribution in [3.05, 3.63) is 65.0 Å². The predicted molar refractivity (Wildman–Crippen MR) is 91.5 cm³/mol.